The van der Waals surface area contributed by atoms with Crippen LogP contribution in [-0.4, -0.2) is 54.8 Å². The lowest BCUT2D eigenvalue weighted by atomic mass is 10.1. The molecule has 0 bridgehead atoms. The summed E-state index contributed by atoms with van der Waals surface area (Å²) in [7, 11) is 0. The Labute approximate surface area is 174 Å². The lowest BCUT2D eigenvalue weighted by Gasteiger charge is -2.28. The van der Waals surface area contributed by atoms with E-state index >= 15 is 0 Å². The van der Waals surface area contributed by atoms with Crippen LogP contribution in [0.15, 0.2) is 25.3 Å². The van der Waals surface area contributed by atoms with E-state index in [1.807, 2.05) is 0 Å². The van der Waals surface area contributed by atoms with Gasteiger partial charge in [-0.25, -0.2) is 18.4 Å². The minimum atomic E-state index is -5.82. The Morgan fingerprint density at radius 1 is 0.667 bits per heavy atom. The van der Waals surface area contributed by atoms with E-state index in [2.05, 4.69) is 22.6 Å². The van der Waals surface area contributed by atoms with Crippen LogP contribution in [0.3, 0.4) is 0 Å². The molecule has 0 aliphatic carbocycles. The molecule has 0 aromatic rings. The average Bonchev–Trinajstić information content (AvgIpc) is 2.58. The van der Waals surface area contributed by atoms with Crippen molar-refractivity contribution in [2.45, 2.75) is 55.7 Å². The Morgan fingerprint density at radius 3 is 1.33 bits per heavy atom. The van der Waals surface area contributed by atoms with Crippen LogP contribution in [0, 0.1) is 0 Å². The van der Waals surface area contributed by atoms with Gasteiger partial charge in [-0.05, 0) is 0 Å². The molecule has 0 radical (unpaired) electrons. The molecule has 0 aromatic heterocycles. The summed E-state index contributed by atoms with van der Waals surface area (Å²) in [6.45, 7) is 5.33. The van der Waals surface area contributed by atoms with Crippen molar-refractivity contribution >= 4 is 11.9 Å². The van der Waals surface area contributed by atoms with Crippen molar-refractivity contribution in [3.63, 3.8) is 0 Å². The number of hydrogen-bond donors (Lipinski definition) is 0. The fraction of sp³-hybridized carbons (Fsp3) is 0.600. The van der Waals surface area contributed by atoms with Gasteiger partial charge in [0.2, 0.25) is 6.17 Å². The molecule has 33 heavy (non-hydrogen) atoms. The molecule has 0 amide bonds. The van der Waals surface area contributed by atoms with Gasteiger partial charge < -0.3 is 9.47 Å². The van der Waals surface area contributed by atoms with E-state index in [-0.39, 0.29) is 12.2 Å². The van der Waals surface area contributed by atoms with Gasteiger partial charge in [0.05, 0.1) is 12.8 Å². The second kappa shape index (κ2) is 11.5. The Balaban J connectivity index is 0. The molecular weight excluding hydrogens is 510 g/mol. The molecule has 2 unspecified atom stereocenters. The highest BCUT2D eigenvalue weighted by Gasteiger charge is 2.66. The SMILES string of the molecule is C=CC(=O)OC(F)(F)C(F)(F)C(F)CC(F)(F)F.C=CC(=O)OC(F)(F)C(F)CC(F)(F)F. The number of alkyl halides is 14. The number of rotatable bonds is 9. The quantitative estimate of drug-likeness (QED) is 0.217. The summed E-state index contributed by atoms with van der Waals surface area (Å²) >= 11 is 0. The smallest absolute Gasteiger partial charge is 0.395 e. The van der Waals surface area contributed by atoms with Crippen LogP contribution in [0.1, 0.15) is 12.8 Å². The Hall–Kier alpha value is -2.56. The fourth-order valence-electron chi connectivity index (χ4n) is 1.31. The molecule has 0 N–H and O–H groups in total. The first kappa shape index (κ1) is 32.6. The zero-order chi connectivity index (χ0) is 27.1. The largest absolute Gasteiger partial charge is 0.469 e. The third kappa shape index (κ3) is 12.3. The van der Waals surface area contributed by atoms with Crippen LogP contribution in [0.4, 0.5) is 61.5 Å². The number of carbonyl (C=O) groups is 2. The standard InChI is InChI=1S/C8H6F8O2.C7H6F6O2/c1-2-5(17)18-8(15,16)7(13,14)4(9)3-6(10,11)12;1-2-5(14)15-7(12,13)4(8)3-6(9,10)11/h2,4H,1,3H2;2,4H,1,3H2. The van der Waals surface area contributed by atoms with Crippen molar-refractivity contribution in [1.29, 1.82) is 0 Å². The normalized spacial score (nSPS) is 14.8. The summed E-state index contributed by atoms with van der Waals surface area (Å²) in [6, 6.07) is 0. The summed E-state index contributed by atoms with van der Waals surface area (Å²) in [5.74, 6) is -9.55. The van der Waals surface area contributed by atoms with E-state index in [4.69, 9.17) is 0 Å². The molecule has 0 aliphatic rings. The molecule has 194 valence electrons. The number of esters is 2. The number of hydrogen-bond acceptors (Lipinski definition) is 4. The molecule has 0 heterocycles. The maximum absolute atomic E-state index is 12.7. The van der Waals surface area contributed by atoms with Crippen molar-refractivity contribution in [2.24, 2.45) is 0 Å². The summed E-state index contributed by atoms with van der Waals surface area (Å²) in [5, 5.41) is 0. The maximum Gasteiger partial charge on any atom is 0.469 e. The van der Waals surface area contributed by atoms with Gasteiger partial charge in [0, 0.05) is 12.2 Å². The molecule has 0 fully saturated rings. The van der Waals surface area contributed by atoms with Gasteiger partial charge in [0.15, 0.2) is 6.17 Å². The minimum Gasteiger partial charge on any atom is -0.395 e. The maximum atomic E-state index is 12.7. The fourth-order valence-corrected chi connectivity index (χ4v) is 1.31. The van der Waals surface area contributed by atoms with Gasteiger partial charge in [-0.2, -0.15) is 52.7 Å². The van der Waals surface area contributed by atoms with Gasteiger partial charge in [-0.15, -0.1) is 0 Å². The van der Waals surface area contributed by atoms with Crippen LogP contribution < -0.4 is 0 Å². The monoisotopic (exact) mass is 522 g/mol. The minimum absolute atomic E-state index is 0.0704. The lowest BCUT2D eigenvalue weighted by molar-refractivity contribution is -0.349. The second-order valence-corrected chi connectivity index (χ2v) is 5.53. The number of halogens is 14. The summed E-state index contributed by atoms with van der Waals surface area (Å²) in [5.41, 5.74) is 0. The molecule has 0 rings (SSSR count). The van der Waals surface area contributed by atoms with E-state index < -0.39 is 67.6 Å². The van der Waals surface area contributed by atoms with Gasteiger partial charge in [0.1, 0.15) is 0 Å². The summed E-state index contributed by atoms with van der Waals surface area (Å²) in [4.78, 5) is 20.5. The lowest BCUT2D eigenvalue weighted by Crippen LogP contribution is -2.51. The number of carbonyl (C=O) groups excluding carboxylic acids is 2. The number of ether oxygens (including phenoxy) is 2. The van der Waals surface area contributed by atoms with E-state index in [9.17, 15) is 71.1 Å². The van der Waals surface area contributed by atoms with Crippen LogP contribution in [0.2, 0.25) is 0 Å². The van der Waals surface area contributed by atoms with Crippen LogP contribution in [-0.2, 0) is 19.1 Å². The third-order valence-electron chi connectivity index (χ3n) is 2.77. The van der Waals surface area contributed by atoms with Gasteiger partial charge >= 0.3 is 42.4 Å². The molecule has 0 spiro atoms. The van der Waals surface area contributed by atoms with E-state index in [0.29, 0.717) is 0 Å². The summed E-state index contributed by atoms with van der Waals surface area (Å²) in [6.07, 6.45) is -33.8. The highest BCUT2D eigenvalue weighted by atomic mass is 19.4. The zero-order valence-corrected chi connectivity index (χ0v) is 15.6. The van der Waals surface area contributed by atoms with E-state index in [1.165, 1.54) is 0 Å². The second-order valence-electron chi connectivity index (χ2n) is 5.53. The van der Waals surface area contributed by atoms with Crippen molar-refractivity contribution < 1.29 is 80.5 Å². The first-order valence-corrected chi connectivity index (χ1v) is 7.67. The summed E-state index contributed by atoms with van der Waals surface area (Å²) < 4.78 is 176. The van der Waals surface area contributed by atoms with Crippen LogP contribution in [0.5, 0.6) is 0 Å². The van der Waals surface area contributed by atoms with E-state index in [1.54, 1.807) is 0 Å². The first-order chi connectivity index (χ1) is 14.4. The molecule has 0 aliphatic heterocycles. The van der Waals surface area contributed by atoms with Crippen molar-refractivity contribution in [3.8, 4) is 0 Å². The Bertz CT molecular complexity index is 683. The molecule has 0 saturated carbocycles. The molecule has 0 saturated heterocycles. The Morgan fingerprint density at radius 2 is 1.00 bits per heavy atom. The molecule has 2 atom stereocenters. The van der Waals surface area contributed by atoms with Gasteiger partial charge in [-0.1, -0.05) is 13.2 Å². The molecular formula is C15H12F14O4. The predicted molar refractivity (Wildman–Crippen MR) is 78.6 cm³/mol. The van der Waals surface area contributed by atoms with Crippen molar-refractivity contribution in [1.82, 2.24) is 0 Å². The highest BCUT2D eigenvalue weighted by Crippen LogP contribution is 2.43. The highest BCUT2D eigenvalue weighted by molar-refractivity contribution is 5.81. The molecule has 18 heteroatoms. The average molecular weight is 522 g/mol. The first-order valence-electron chi connectivity index (χ1n) is 7.67. The van der Waals surface area contributed by atoms with Gasteiger partial charge in [0.25, 0.3) is 0 Å². The van der Waals surface area contributed by atoms with Crippen LogP contribution >= 0.6 is 0 Å². The molecule has 0 aromatic carbocycles. The van der Waals surface area contributed by atoms with E-state index in [0.717, 1.165) is 0 Å². The van der Waals surface area contributed by atoms with Crippen molar-refractivity contribution in [2.75, 3.05) is 0 Å². The molecule has 4 nitrogen and oxygen atoms in total. The van der Waals surface area contributed by atoms with Crippen LogP contribution in [0.25, 0.3) is 0 Å². The van der Waals surface area contributed by atoms with Crippen molar-refractivity contribution in [3.05, 3.63) is 25.3 Å². The Kier molecular flexibility index (Phi) is 11.4. The predicted octanol–water partition coefficient (Wildman–Crippen LogP) is 5.83. The third-order valence-corrected chi connectivity index (χ3v) is 2.77. The zero-order valence-electron chi connectivity index (χ0n) is 15.6. The topological polar surface area (TPSA) is 52.6 Å². The van der Waals surface area contributed by atoms with Gasteiger partial charge in [-0.3, -0.25) is 0 Å².